The summed E-state index contributed by atoms with van der Waals surface area (Å²) in [4.78, 5) is 14.5. The molecular weight excluding hydrogens is 288 g/mol. The summed E-state index contributed by atoms with van der Waals surface area (Å²) in [6.45, 7) is 1.81. The normalized spacial score (nSPS) is 11.2. The lowest BCUT2D eigenvalue weighted by molar-refractivity contribution is 0.0702. The predicted molar refractivity (Wildman–Crippen MR) is 71.1 cm³/mol. The van der Waals surface area contributed by atoms with E-state index in [9.17, 15) is 13.2 Å². The van der Waals surface area contributed by atoms with E-state index in [1.807, 2.05) is 6.92 Å². The molecule has 0 aliphatic rings. The highest BCUT2D eigenvalue weighted by atomic mass is 32.2. The van der Waals surface area contributed by atoms with Crippen LogP contribution in [0.4, 0.5) is 5.82 Å². The van der Waals surface area contributed by atoms with Crippen molar-refractivity contribution in [3.05, 3.63) is 40.2 Å². The highest BCUT2D eigenvalue weighted by Gasteiger charge is 2.19. The van der Waals surface area contributed by atoms with Crippen LogP contribution in [-0.4, -0.2) is 24.5 Å². The zero-order valence-electron chi connectivity index (χ0n) is 9.82. The maximum Gasteiger partial charge on any atom is 0.345 e. The van der Waals surface area contributed by atoms with E-state index in [1.165, 1.54) is 11.6 Å². The summed E-state index contributed by atoms with van der Waals surface area (Å²) >= 11 is 0.859. The predicted octanol–water partition coefficient (Wildman–Crippen LogP) is 1.95. The molecule has 0 spiro atoms. The van der Waals surface area contributed by atoms with Crippen LogP contribution in [0.3, 0.4) is 0 Å². The zero-order valence-corrected chi connectivity index (χ0v) is 11.5. The van der Waals surface area contributed by atoms with Crippen LogP contribution in [0.2, 0.25) is 0 Å². The Morgan fingerprint density at radius 2 is 2.16 bits per heavy atom. The number of carboxylic acids is 1. The van der Waals surface area contributed by atoms with Crippen molar-refractivity contribution in [3.63, 3.8) is 0 Å². The molecule has 0 saturated heterocycles. The Hall–Kier alpha value is -1.93. The van der Waals surface area contributed by atoms with Gasteiger partial charge in [0.25, 0.3) is 10.0 Å². The largest absolute Gasteiger partial charge is 0.477 e. The molecule has 2 aromatic heterocycles. The summed E-state index contributed by atoms with van der Waals surface area (Å²) in [7, 11) is -3.81. The van der Waals surface area contributed by atoms with Gasteiger partial charge in [-0.2, -0.15) is 0 Å². The Balaban J connectivity index is 2.29. The molecule has 0 radical (unpaired) electrons. The fourth-order valence-corrected chi connectivity index (χ4v) is 3.47. The van der Waals surface area contributed by atoms with E-state index in [4.69, 9.17) is 5.11 Å². The van der Waals surface area contributed by atoms with Crippen molar-refractivity contribution in [2.24, 2.45) is 0 Å². The van der Waals surface area contributed by atoms with E-state index in [-0.39, 0.29) is 15.6 Å². The van der Waals surface area contributed by atoms with Crippen LogP contribution in [0.15, 0.2) is 34.7 Å². The van der Waals surface area contributed by atoms with Gasteiger partial charge in [0.05, 0.1) is 4.90 Å². The van der Waals surface area contributed by atoms with Gasteiger partial charge in [-0.05, 0) is 30.7 Å². The molecule has 2 aromatic rings. The molecule has 0 aromatic carbocycles. The smallest absolute Gasteiger partial charge is 0.345 e. The van der Waals surface area contributed by atoms with E-state index in [2.05, 4.69) is 9.71 Å². The summed E-state index contributed by atoms with van der Waals surface area (Å²) in [6.07, 6.45) is 1.49. The Bertz CT molecular complexity index is 722. The monoisotopic (exact) mass is 298 g/mol. The fraction of sp³-hybridized carbons (Fsp3) is 0.0909. The van der Waals surface area contributed by atoms with Gasteiger partial charge in [-0.1, -0.05) is 0 Å². The van der Waals surface area contributed by atoms with Crippen molar-refractivity contribution in [2.45, 2.75) is 11.8 Å². The third-order valence-corrected chi connectivity index (χ3v) is 4.65. The SMILES string of the molecule is Cc1ccnc(NS(=O)(=O)c2csc(C(=O)O)c2)c1. The Kier molecular flexibility index (Phi) is 3.54. The fourth-order valence-electron chi connectivity index (χ4n) is 1.36. The molecule has 0 unspecified atom stereocenters. The van der Waals surface area contributed by atoms with Crippen LogP contribution in [0, 0.1) is 6.92 Å². The van der Waals surface area contributed by atoms with Crippen molar-refractivity contribution in [3.8, 4) is 0 Å². The number of carbonyl (C=O) groups is 1. The van der Waals surface area contributed by atoms with Crippen molar-refractivity contribution < 1.29 is 18.3 Å². The van der Waals surface area contributed by atoms with Gasteiger partial charge in [-0.3, -0.25) is 4.72 Å². The van der Waals surface area contributed by atoms with Crippen molar-refractivity contribution in [2.75, 3.05) is 4.72 Å². The van der Waals surface area contributed by atoms with Gasteiger partial charge in [-0.15, -0.1) is 11.3 Å². The highest BCUT2D eigenvalue weighted by Crippen LogP contribution is 2.21. The van der Waals surface area contributed by atoms with Gasteiger partial charge in [0, 0.05) is 11.6 Å². The third-order valence-electron chi connectivity index (χ3n) is 2.25. The molecular formula is C11H10N2O4S2. The average molecular weight is 298 g/mol. The molecule has 100 valence electrons. The van der Waals surface area contributed by atoms with E-state index >= 15 is 0 Å². The Labute approximate surface area is 113 Å². The maximum absolute atomic E-state index is 12.0. The Morgan fingerprint density at radius 3 is 2.74 bits per heavy atom. The zero-order chi connectivity index (χ0) is 14.0. The van der Waals surface area contributed by atoms with Crippen LogP contribution in [0.1, 0.15) is 15.2 Å². The minimum absolute atomic E-state index is 0.0300. The number of carboxylic acid groups (broad SMARTS) is 1. The highest BCUT2D eigenvalue weighted by molar-refractivity contribution is 7.92. The summed E-state index contributed by atoms with van der Waals surface area (Å²) in [5.74, 6) is -0.955. The second-order valence-electron chi connectivity index (χ2n) is 3.78. The van der Waals surface area contributed by atoms with E-state index in [0.29, 0.717) is 0 Å². The number of thiophene rings is 1. The molecule has 0 saturated carbocycles. The number of hydrogen-bond acceptors (Lipinski definition) is 5. The molecule has 6 nitrogen and oxygen atoms in total. The van der Waals surface area contributed by atoms with Crippen molar-refractivity contribution in [1.82, 2.24) is 4.98 Å². The quantitative estimate of drug-likeness (QED) is 0.899. The van der Waals surface area contributed by atoms with Gasteiger partial charge in [0.1, 0.15) is 10.7 Å². The molecule has 0 aliphatic carbocycles. The van der Waals surface area contributed by atoms with Crippen LogP contribution in [0.5, 0.6) is 0 Å². The number of hydrogen-bond donors (Lipinski definition) is 2. The first-order valence-electron chi connectivity index (χ1n) is 5.16. The minimum Gasteiger partial charge on any atom is -0.477 e. The molecule has 19 heavy (non-hydrogen) atoms. The van der Waals surface area contributed by atoms with Crippen LogP contribution in [0.25, 0.3) is 0 Å². The average Bonchev–Trinajstić information content (AvgIpc) is 2.78. The van der Waals surface area contributed by atoms with Gasteiger partial charge in [0.2, 0.25) is 0 Å². The number of sulfonamides is 1. The Morgan fingerprint density at radius 1 is 1.42 bits per heavy atom. The molecule has 2 N–H and O–H groups in total. The summed E-state index contributed by atoms with van der Waals surface area (Å²) < 4.78 is 26.3. The van der Waals surface area contributed by atoms with Crippen molar-refractivity contribution >= 4 is 33.1 Å². The summed E-state index contributed by atoms with van der Waals surface area (Å²) in [5, 5.41) is 10.1. The molecule has 0 atom stereocenters. The number of aryl methyl sites for hydroxylation is 1. The summed E-state index contributed by atoms with van der Waals surface area (Å²) in [5.41, 5.74) is 0.865. The van der Waals surface area contributed by atoms with Crippen molar-refractivity contribution in [1.29, 1.82) is 0 Å². The van der Waals surface area contributed by atoms with Crippen LogP contribution < -0.4 is 4.72 Å². The van der Waals surface area contributed by atoms with Crippen LogP contribution in [-0.2, 0) is 10.0 Å². The third kappa shape index (κ3) is 3.09. The van der Waals surface area contributed by atoms with E-state index in [1.54, 1.807) is 12.1 Å². The number of anilines is 1. The van der Waals surface area contributed by atoms with E-state index in [0.717, 1.165) is 23.0 Å². The molecule has 0 bridgehead atoms. The van der Waals surface area contributed by atoms with Crippen LogP contribution >= 0.6 is 11.3 Å². The number of nitrogens with one attached hydrogen (secondary N) is 1. The number of aromatic nitrogens is 1. The maximum atomic E-state index is 12.0. The van der Waals surface area contributed by atoms with Gasteiger partial charge in [0.15, 0.2) is 0 Å². The first kappa shape index (κ1) is 13.5. The van der Waals surface area contributed by atoms with E-state index < -0.39 is 16.0 Å². The standard InChI is InChI=1S/C11H10N2O4S2/c1-7-2-3-12-10(4-7)13-19(16,17)8-5-9(11(14)15)18-6-8/h2-6H,1H3,(H,12,13)(H,14,15). The first-order valence-corrected chi connectivity index (χ1v) is 7.52. The number of aromatic carboxylic acids is 1. The second-order valence-corrected chi connectivity index (χ2v) is 6.37. The van der Waals surface area contributed by atoms with Gasteiger partial charge < -0.3 is 5.11 Å². The molecule has 0 aliphatic heterocycles. The molecule has 0 fully saturated rings. The molecule has 8 heteroatoms. The lowest BCUT2D eigenvalue weighted by Gasteiger charge is -2.05. The topological polar surface area (TPSA) is 96.4 Å². The number of pyridine rings is 1. The first-order chi connectivity index (χ1) is 8.88. The molecule has 0 amide bonds. The lowest BCUT2D eigenvalue weighted by atomic mass is 10.3. The van der Waals surface area contributed by atoms with Gasteiger partial charge in [-0.25, -0.2) is 18.2 Å². The molecule has 2 rings (SSSR count). The lowest BCUT2D eigenvalue weighted by Crippen LogP contribution is -2.13. The second kappa shape index (κ2) is 4.98. The number of nitrogens with zero attached hydrogens (tertiary/aromatic N) is 1. The minimum atomic E-state index is -3.81. The van der Waals surface area contributed by atoms with Gasteiger partial charge >= 0.3 is 5.97 Å². The molecule has 2 heterocycles. The number of rotatable bonds is 4. The summed E-state index contributed by atoms with van der Waals surface area (Å²) in [6, 6.07) is 4.44.